The summed E-state index contributed by atoms with van der Waals surface area (Å²) in [4.78, 5) is 22.3. The first-order valence-electron chi connectivity index (χ1n) is 5.03. The molecule has 82 valence electrons. The van der Waals surface area contributed by atoms with Gasteiger partial charge in [-0.05, 0) is 19.8 Å². The molecule has 0 atom stereocenters. The smallest absolute Gasteiger partial charge is 0.217 e. The van der Waals surface area contributed by atoms with E-state index in [1.165, 1.54) is 6.92 Å². The molecule has 0 radical (unpaired) electrons. The van der Waals surface area contributed by atoms with Gasteiger partial charge in [0, 0.05) is 25.3 Å². The van der Waals surface area contributed by atoms with Crippen molar-refractivity contribution >= 4 is 11.7 Å². The molecule has 0 heterocycles. The van der Waals surface area contributed by atoms with Gasteiger partial charge in [-0.3, -0.25) is 9.59 Å². The van der Waals surface area contributed by atoms with E-state index in [4.69, 9.17) is 0 Å². The van der Waals surface area contributed by atoms with Crippen LogP contribution in [0.15, 0.2) is 0 Å². The summed E-state index contributed by atoms with van der Waals surface area (Å²) in [6, 6.07) is 0. The summed E-state index contributed by atoms with van der Waals surface area (Å²) in [5, 5.41) is 2.76. The fourth-order valence-corrected chi connectivity index (χ4v) is 1.54. The van der Waals surface area contributed by atoms with Crippen LogP contribution in [0.1, 0.15) is 47.5 Å². The van der Waals surface area contributed by atoms with E-state index in [1.54, 1.807) is 0 Å². The van der Waals surface area contributed by atoms with Crippen LogP contribution in [0.5, 0.6) is 0 Å². The topological polar surface area (TPSA) is 46.2 Å². The Morgan fingerprint density at radius 1 is 1.29 bits per heavy atom. The van der Waals surface area contributed by atoms with E-state index in [0.717, 1.165) is 0 Å². The van der Waals surface area contributed by atoms with Crippen molar-refractivity contribution in [2.75, 3.05) is 0 Å². The Balaban J connectivity index is 4.08. The number of Topliss-reactive ketones (excluding diaryl/α,β-unsaturated/α-hetero) is 1. The minimum atomic E-state index is -0.419. The lowest BCUT2D eigenvalue weighted by molar-refractivity contribution is -0.123. The molecular weight excluding hydrogens is 178 g/mol. The lowest BCUT2D eigenvalue weighted by Crippen LogP contribution is -2.43. The van der Waals surface area contributed by atoms with Crippen molar-refractivity contribution in [1.29, 1.82) is 0 Å². The van der Waals surface area contributed by atoms with Crippen LogP contribution in [0.25, 0.3) is 0 Å². The second-order valence-electron chi connectivity index (χ2n) is 4.88. The molecule has 1 amide bonds. The van der Waals surface area contributed by atoms with E-state index in [2.05, 4.69) is 5.32 Å². The number of hydrogen-bond donors (Lipinski definition) is 1. The van der Waals surface area contributed by atoms with Crippen LogP contribution in [0, 0.1) is 5.92 Å². The summed E-state index contributed by atoms with van der Waals surface area (Å²) >= 11 is 0. The molecule has 14 heavy (non-hydrogen) atoms. The zero-order valence-electron chi connectivity index (χ0n) is 9.81. The maximum Gasteiger partial charge on any atom is 0.217 e. The summed E-state index contributed by atoms with van der Waals surface area (Å²) in [5.41, 5.74) is -0.419. The van der Waals surface area contributed by atoms with Crippen LogP contribution in [-0.4, -0.2) is 17.2 Å². The second-order valence-corrected chi connectivity index (χ2v) is 4.88. The van der Waals surface area contributed by atoms with Crippen molar-refractivity contribution < 1.29 is 9.59 Å². The molecule has 0 fully saturated rings. The second kappa shape index (κ2) is 5.13. The number of rotatable bonds is 5. The van der Waals surface area contributed by atoms with Gasteiger partial charge in [0.05, 0.1) is 0 Å². The van der Waals surface area contributed by atoms with E-state index in [-0.39, 0.29) is 11.7 Å². The standard InChI is InChI=1S/C11H21NO2/c1-8(2)6-10(14)7-11(4,5)12-9(3)13/h8H,6-7H2,1-5H3,(H,12,13). The first kappa shape index (κ1) is 13.1. The molecule has 0 rings (SSSR count). The monoisotopic (exact) mass is 199 g/mol. The van der Waals surface area contributed by atoms with E-state index < -0.39 is 5.54 Å². The Morgan fingerprint density at radius 2 is 1.79 bits per heavy atom. The van der Waals surface area contributed by atoms with Gasteiger partial charge in [-0.25, -0.2) is 0 Å². The van der Waals surface area contributed by atoms with Gasteiger partial charge >= 0.3 is 0 Å². The molecule has 0 aromatic carbocycles. The van der Waals surface area contributed by atoms with Gasteiger partial charge < -0.3 is 5.32 Å². The summed E-state index contributed by atoms with van der Waals surface area (Å²) in [7, 11) is 0. The third kappa shape index (κ3) is 6.63. The van der Waals surface area contributed by atoms with Crippen LogP contribution >= 0.6 is 0 Å². The number of ketones is 1. The normalized spacial score (nSPS) is 11.6. The largest absolute Gasteiger partial charge is 0.351 e. The van der Waals surface area contributed by atoms with Crippen LogP contribution in [0.3, 0.4) is 0 Å². The molecule has 0 aromatic heterocycles. The van der Waals surface area contributed by atoms with Crippen molar-refractivity contribution in [1.82, 2.24) is 5.32 Å². The van der Waals surface area contributed by atoms with Crippen LogP contribution in [-0.2, 0) is 9.59 Å². The molecule has 0 saturated heterocycles. The molecule has 0 aliphatic heterocycles. The molecule has 3 nitrogen and oxygen atoms in total. The lowest BCUT2D eigenvalue weighted by Gasteiger charge is -2.25. The Kier molecular flexibility index (Phi) is 4.81. The predicted octanol–water partition coefficient (Wildman–Crippen LogP) is 1.91. The first-order chi connectivity index (χ1) is 6.23. The molecule has 0 aliphatic carbocycles. The Morgan fingerprint density at radius 3 is 2.14 bits per heavy atom. The summed E-state index contributed by atoms with van der Waals surface area (Å²) in [6.07, 6.45) is 0.994. The van der Waals surface area contributed by atoms with Gasteiger partial charge in [-0.1, -0.05) is 13.8 Å². The lowest BCUT2D eigenvalue weighted by atomic mass is 9.93. The minimum Gasteiger partial charge on any atom is -0.351 e. The molecule has 0 spiro atoms. The number of hydrogen-bond acceptors (Lipinski definition) is 2. The molecule has 0 aliphatic rings. The van der Waals surface area contributed by atoms with Crippen molar-refractivity contribution in [3.63, 3.8) is 0 Å². The molecular formula is C11H21NO2. The molecule has 1 N–H and O–H groups in total. The van der Waals surface area contributed by atoms with Gasteiger partial charge in [0.2, 0.25) is 5.91 Å². The fourth-order valence-electron chi connectivity index (χ4n) is 1.54. The zero-order chi connectivity index (χ0) is 11.4. The van der Waals surface area contributed by atoms with Gasteiger partial charge in [-0.15, -0.1) is 0 Å². The van der Waals surface area contributed by atoms with Crippen molar-refractivity contribution in [2.24, 2.45) is 5.92 Å². The fraction of sp³-hybridized carbons (Fsp3) is 0.818. The van der Waals surface area contributed by atoms with Gasteiger partial charge in [-0.2, -0.15) is 0 Å². The molecule has 0 saturated carbocycles. The summed E-state index contributed by atoms with van der Waals surface area (Å²) in [5.74, 6) is 0.502. The van der Waals surface area contributed by atoms with E-state index in [9.17, 15) is 9.59 Å². The van der Waals surface area contributed by atoms with E-state index in [1.807, 2.05) is 27.7 Å². The highest BCUT2D eigenvalue weighted by atomic mass is 16.1. The van der Waals surface area contributed by atoms with Crippen molar-refractivity contribution in [3.05, 3.63) is 0 Å². The van der Waals surface area contributed by atoms with Crippen molar-refractivity contribution in [2.45, 2.75) is 53.0 Å². The third-order valence-electron chi connectivity index (χ3n) is 1.79. The predicted molar refractivity (Wildman–Crippen MR) is 57.0 cm³/mol. The molecule has 0 aromatic rings. The molecule has 0 unspecified atom stereocenters. The minimum absolute atomic E-state index is 0.0904. The number of nitrogens with one attached hydrogen (secondary N) is 1. The maximum atomic E-state index is 11.5. The first-order valence-corrected chi connectivity index (χ1v) is 5.03. The highest BCUT2D eigenvalue weighted by Gasteiger charge is 2.22. The zero-order valence-corrected chi connectivity index (χ0v) is 9.81. The Hall–Kier alpha value is -0.860. The highest BCUT2D eigenvalue weighted by molar-refractivity contribution is 5.81. The van der Waals surface area contributed by atoms with Gasteiger partial charge in [0.25, 0.3) is 0 Å². The molecule has 3 heteroatoms. The van der Waals surface area contributed by atoms with Crippen molar-refractivity contribution in [3.8, 4) is 0 Å². The maximum absolute atomic E-state index is 11.5. The van der Waals surface area contributed by atoms with Gasteiger partial charge in [0.15, 0.2) is 0 Å². The Labute approximate surface area is 86.3 Å². The van der Waals surface area contributed by atoms with Crippen LogP contribution in [0.2, 0.25) is 0 Å². The third-order valence-corrected chi connectivity index (χ3v) is 1.79. The SMILES string of the molecule is CC(=O)NC(C)(C)CC(=O)CC(C)C. The quantitative estimate of drug-likeness (QED) is 0.735. The average Bonchev–Trinajstić information content (AvgIpc) is 1.77. The summed E-state index contributed by atoms with van der Waals surface area (Å²) in [6.45, 7) is 9.24. The van der Waals surface area contributed by atoms with Crippen LogP contribution in [0.4, 0.5) is 0 Å². The average molecular weight is 199 g/mol. The van der Waals surface area contributed by atoms with E-state index in [0.29, 0.717) is 18.8 Å². The number of carbonyl (C=O) groups excluding carboxylic acids is 2. The molecule has 0 bridgehead atoms. The van der Waals surface area contributed by atoms with Gasteiger partial charge in [0.1, 0.15) is 5.78 Å². The number of carbonyl (C=O) groups is 2. The Bertz CT molecular complexity index is 219. The van der Waals surface area contributed by atoms with Crippen LogP contribution < -0.4 is 5.32 Å². The number of amides is 1. The summed E-state index contributed by atoms with van der Waals surface area (Å²) < 4.78 is 0. The highest BCUT2D eigenvalue weighted by Crippen LogP contribution is 2.12. The van der Waals surface area contributed by atoms with E-state index >= 15 is 0 Å².